The molecule has 2 N–H and O–H groups in total. The molecule has 0 saturated carbocycles. The van der Waals surface area contributed by atoms with Gasteiger partial charge in [-0.3, -0.25) is 0 Å². The number of para-hydroxylation sites is 1. The number of nitrogens with one attached hydrogen (secondary N) is 2. The second-order valence-corrected chi connectivity index (χ2v) is 10.4. The van der Waals surface area contributed by atoms with Gasteiger partial charge >= 0.3 is 6.09 Å². The number of alkyl carbamates (subject to hydrolysis) is 1. The molecule has 44 heavy (non-hydrogen) atoms. The third-order valence-corrected chi connectivity index (χ3v) is 7.44. The average molecular weight is 611 g/mol. The van der Waals surface area contributed by atoms with Crippen molar-refractivity contribution in [2.24, 2.45) is 0 Å². The minimum Gasteiger partial charge on any atom is -0.496 e. The fourth-order valence-corrected chi connectivity index (χ4v) is 5.14. The van der Waals surface area contributed by atoms with Crippen LogP contribution in [-0.2, 0) is 27.2 Å². The number of ether oxygens (including phenoxy) is 6. The lowest BCUT2D eigenvalue weighted by Crippen LogP contribution is -2.41. The number of carbonyl (C=O) groups is 1. The van der Waals surface area contributed by atoms with Crippen LogP contribution in [-0.4, -0.2) is 72.5 Å². The van der Waals surface area contributed by atoms with E-state index in [1.54, 1.807) is 13.2 Å². The molecule has 1 aliphatic heterocycles. The molecule has 9 nitrogen and oxygen atoms in total. The van der Waals surface area contributed by atoms with E-state index in [1.807, 2.05) is 36.4 Å². The van der Waals surface area contributed by atoms with Crippen LogP contribution in [0.2, 0.25) is 0 Å². The molecule has 0 bridgehead atoms. The number of hydrogen-bond donors (Lipinski definition) is 2. The van der Waals surface area contributed by atoms with Crippen molar-refractivity contribution in [3.8, 4) is 17.2 Å². The van der Waals surface area contributed by atoms with E-state index in [-0.39, 0.29) is 24.4 Å². The first-order chi connectivity index (χ1) is 21.6. The first-order valence-electron chi connectivity index (χ1n) is 15.0. The Labute approximate surface area is 258 Å². The lowest BCUT2D eigenvalue weighted by atomic mass is 9.88. The van der Waals surface area contributed by atoms with Crippen LogP contribution in [0.1, 0.15) is 35.4 Å². The minimum atomic E-state index is -0.511. The number of piperidine rings is 1. The Balaban J connectivity index is 1.18. The second-order valence-electron chi connectivity index (χ2n) is 10.4. The van der Waals surface area contributed by atoms with Crippen LogP contribution in [0, 0.1) is 5.82 Å². The third-order valence-electron chi connectivity index (χ3n) is 7.44. The Hall–Kier alpha value is -3.86. The number of benzene rings is 3. The van der Waals surface area contributed by atoms with E-state index >= 15 is 0 Å². The van der Waals surface area contributed by atoms with Gasteiger partial charge in [0.2, 0.25) is 0 Å². The van der Waals surface area contributed by atoms with Crippen molar-refractivity contribution in [3.63, 3.8) is 0 Å². The summed E-state index contributed by atoms with van der Waals surface area (Å²) in [4.78, 5) is 11.3. The molecule has 0 aromatic heterocycles. The molecule has 1 fully saturated rings. The zero-order valence-corrected chi connectivity index (χ0v) is 25.5. The SMILES string of the molecule is COC(=O)NCCc1ccc(F)cc1OCCO[C@H]1CNCC[C@@H]1c1ccc(OCCCOCc2ccccc2OC)cc1. The Morgan fingerprint density at radius 2 is 1.77 bits per heavy atom. The number of hydrogen-bond acceptors (Lipinski definition) is 8. The number of halogens is 1. The molecular weight excluding hydrogens is 567 g/mol. The van der Waals surface area contributed by atoms with E-state index < -0.39 is 6.09 Å². The molecule has 1 aliphatic rings. The van der Waals surface area contributed by atoms with Crippen LogP contribution >= 0.6 is 0 Å². The van der Waals surface area contributed by atoms with Gasteiger partial charge in [-0.25, -0.2) is 9.18 Å². The fourth-order valence-electron chi connectivity index (χ4n) is 5.14. The van der Waals surface area contributed by atoms with Gasteiger partial charge in [-0.05, 0) is 54.8 Å². The molecule has 1 amide bonds. The van der Waals surface area contributed by atoms with Crippen LogP contribution in [0.15, 0.2) is 66.7 Å². The van der Waals surface area contributed by atoms with E-state index in [0.29, 0.717) is 45.1 Å². The van der Waals surface area contributed by atoms with Crippen molar-refractivity contribution in [1.82, 2.24) is 10.6 Å². The van der Waals surface area contributed by atoms with Crippen LogP contribution in [0.5, 0.6) is 17.2 Å². The van der Waals surface area contributed by atoms with E-state index in [2.05, 4.69) is 27.5 Å². The molecule has 2 atom stereocenters. The summed E-state index contributed by atoms with van der Waals surface area (Å²) >= 11 is 0. The Bertz CT molecular complexity index is 1290. The largest absolute Gasteiger partial charge is 0.496 e. The molecule has 238 valence electrons. The molecule has 3 aromatic carbocycles. The van der Waals surface area contributed by atoms with E-state index in [0.717, 1.165) is 48.6 Å². The van der Waals surface area contributed by atoms with Gasteiger partial charge in [0.15, 0.2) is 0 Å². The molecule has 1 saturated heterocycles. The highest BCUT2D eigenvalue weighted by molar-refractivity contribution is 5.66. The third kappa shape index (κ3) is 10.4. The summed E-state index contributed by atoms with van der Waals surface area (Å²) in [6.07, 6.45) is 1.69. The summed E-state index contributed by atoms with van der Waals surface area (Å²) < 4.78 is 47.7. The van der Waals surface area contributed by atoms with Crippen LogP contribution in [0.25, 0.3) is 0 Å². The lowest BCUT2D eigenvalue weighted by molar-refractivity contribution is 0.00717. The number of methoxy groups -OCH3 is 2. The van der Waals surface area contributed by atoms with Crippen LogP contribution < -0.4 is 24.8 Å². The van der Waals surface area contributed by atoms with Crippen molar-refractivity contribution < 1.29 is 37.6 Å². The van der Waals surface area contributed by atoms with Gasteiger partial charge in [0.25, 0.3) is 0 Å². The molecule has 4 rings (SSSR count). The van der Waals surface area contributed by atoms with E-state index in [9.17, 15) is 9.18 Å². The number of amides is 1. The first kappa shape index (κ1) is 33.0. The number of carbonyl (C=O) groups excluding carboxylic acids is 1. The first-order valence-corrected chi connectivity index (χ1v) is 15.0. The molecule has 1 heterocycles. The molecule has 3 aromatic rings. The van der Waals surface area contributed by atoms with Crippen molar-refractivity contribution in [2.75, 3.05) is 60.3 Å². The molecular formula is C34H43FN2O7. The van der Waals surface area contributed by atoms with Gasteiger partial charge in [-0.1, -0.05) is 36.4 Å². The van der Waals surface area contributed by atoms with Crippen LogP contribution in [0.3, 0.4) is 0 Å². The topological polar surface area (TPSA) is 96.5 Å². The summed E-state index contributed by atoms with van der Waals surface area (Å²) in [6.45, 7) is 4.32. The quantitative estimate of drug-likeness (QED) is 0.200. The zero-order valence-electron chi connectivity index (χ0n) is 25.5. The Kier molecular flexibility index (Phi) is 13.6. The summed E-state index contributed by atoms with van der Waals surface area (Å²) in [6, 6.07) is 20.5. The van der Waals surface area contributed by atoms with Gasteiger partial charge in [-0.2, -0.15) is 0 Å². The monoisotopic (exact) mass is 610 g/mol. The lowest BCUT2D eigenvalue weighted by Gasteiger charge is -2.32. The van der Waals surface area contributed by atoms with Gasteiger partial charge in [-0.15, -0.1) is 0 Å². The highest BCUT2D eigenvalue weighted by Crippen LogP contribution is 2.29. The molecule has 0 unspecified atom stereocenters. The summed E-state index contributed by atoms with van der Waals surface area (Å²) in [5.41, 5.74) is 3.03. The van der Waals surface area contributed by atoms with E-state index in [4.69, 9.17) is 23.7 Å². The van der Waals surface area contributed by atoms with Crippen molar-refractivity contribution in [1.29, 1.82) is 0 Å². The molecule has 0 aliphatic carbocycles. The zero-order chi connectivity index (χ0) is 31.0. The number of rotatable bonds is 17. The second kappa shape index (κ2) is 18.1. The Morgan fingerprint density at radius 3 is 2.59 bits per heavy atom. The minimum absolute atomic E-state index is 0.0178. The summed E-state index contributed by atoms with van der Waals surface area (Å²) in [5, 5.41) is 6.04. The average Bonchev–Trinajstić information content (AvgIpc) is 3.06. The van der Waals surface area contributed by atoms with Gasteiger partial charge < -0.3 is 39.1 Å². The highest BCUT2D eigenvalue weighted by Gasteiger charge is 2.27. The van der Waals surface area contributed by atoms with Crippen molar-refractivity contribution >= 4 is 6.09 Å². The van der Waals surface area contributed by atoms with Gasteiger partial charge in [0, 0.05) is 37.1 Å². The van der Waals surface area contributed by atoms with E-state index in [1.165, 1.54) is 24.8 Å². The summed E-state index contributed by atoms with van der Waals surface area (Å²) in [7, 11) is 2.97. The molecule has 0 spiro atoms. The molecule has 0 radical (unpaired) electrons. The highest BCUT2D eigenvalue weighted by atomic mass is 19.1. The maximum atomic E-state index is 13.9. The maximum absolute atomic E-state index is 13.9. The Morgan fingerprint density at radius 1 is 0.932 bits per heavy atom. The smallest absolute Gasteiger partial charge is 0.406 e. The van der Waals surface area contributed by atoms with Crippen molar-refractivity contribution in [3.05, 3.63) is 89.2 Å². The molecule has 10 heteroatoms. The summed E-state index contributed by atoms with van der Waals surface area (Å²) in [5.74, 6) is 1.96. The van der Waals surface area contributed by atoms with Gasteiger partial charge in [0.05, 0.1) is 46.8 Å². The van der Waals surface area contributed by atoms with Crippen LogP contribution in [0.4, 0.5) is 9.18 Å². The predicted octanol–water partition coefficient (Wildman–Crippen LogP) is 5.26. The standard InChI is InChI=1S/C34H43FN2O7/c1-39-31-7-4-3-6-27(31)24-41-18-5-19-42-29-12-9-25(10-13-29)30-15-16-36-23-33(30)44-21-20-43-32-22-28(35)11-8-26(32)14-17-37-34(38)40-2/h3-4,6-13,22,30,33,36H,5,14-21,23-24H2,1-2H3,(H,37,38)/t30-,33+/m1/s1. The normalized spacial score (nSPS) is 16.2. The van der Waals surface area contributed by atoms with Gasteiger partial charge in [0.1, 0.15) is 29.7 Å². The predicted molar refractivity (Wildman–Crippen MR) is 165 cm³/mol. The fraction of sp³-hybridized carbons (Fsp3) is 0.441. The van der Waals surface area contributed by atoms with Crippen molar-refractivity contribution in [2.45, 2.75) is 37.9 Å². The maximum Gasteiger partial charge on any atom is 0.406 e.